The number of nitrogens with zero attached hydrogens (tertiary/aromatic N) is 2. The van der Waals surface area contributed by atoms with Gasteiger partial charge in [-0.05, 0) is 12.5 Å². The zero-order valence-electron chi connectivity index (χ0n) is 8.88. The second-order valence-electron chi connectivity index (χ2n) is 2.66. The molecule has 3 nitrogen and oxygen atoms in total. The van der Waals surface area contributed by atoms with Crippen molar-refractivity contribution in [2.75, 3.05) is 6.61 Å². The third-order valence-electron chi connectivity index (χ3n) is 1.67. The molecule has 0 saturated heterocycles. The minimum absolute atomic E-state index is 0.231. The Morgan fingerprint density at radius 2 is 2.00 bits per heavy atom. The fourth-order valence-electron chi connectivity index (χ4n) is 1.15. The number of hydrogen-bond acceptors (Lipinski definition) is 2. The Hall–Kier alpha value is -0.970. The molecule has 0 spiro atoms. The van der Waals surface area contributed by atoms with Crippen molar-refractivity contribution in [3.05, 3.63) is 17.5 Å². The first-order chi connectivity index (χ1) is 6.49. The van der Waals surface area contributed by atoms with E-state index >= 15 is 0 Å². The Kier molecular flexibility index (Phi) is 4.70. The van der Waals surface area contributed by atoms with E-state index in [1.165, 1.54) is 20.2 Å². The monoisotopic (exact) mass is 206 g/mol. The minimum atomic E-state index is -3.20. The number of aromatic nitrogens is 2. The highest BCUT2D eigenvalue weighted by molar-refractivity contribution is 5.20. The van der Waals surface area contributed by atoms with Crippen molar-refractivity contribution < 1.29 is 13.9 Å². The normalized spacial score (nSPS) is 10.8. The summed E-state index contributed by atoms with van der Waals surface area (Å²) < 4.78 is 26.9. The van der Waals surface area contributed by atoms with Crippen molar-refractivity contribution in [3.63, 3.8) is 0 Å². The molecule has 0 aromatic carbocycles. The van der Waals surface area contributed by atoms with E-state index in [0.29, 0.717) is 5.56 Å². The molecule has 1 heterocycles. The summed E-state index contributed by atoms with van der Waals surface area (Å²) in [6, 6.07) is 0. The Morgan fingerprint density at radius 1 is 1.50 bits per heavy atom. The van der Waals surface area contributed by atoms with Gasteiger partial charge in [0.25, 0.3) is 0 Å². The van der Waals surface area contributed by atoms with Gasteiger partial charge in [0, 0.05) is 7.05 Å². The van der Waals surface area contributed by atoms with Crippen LogP contribution in [-0.2, 0) is 13.0 Å². The van der Waals surface area contributed by atoms with Gasteiger partial charge in [0.1, 0.15) is 12.3 Å². The van der Waals surface area contributed by atoms with Crippen LogP contribution in [0.1, 0.15) is 25.1 Å². The lowest BCUT2D eigenvalue weighted by molar-refractivity contribution is -0.0625. The molecule has 0 atom stereocenters. The zero-order chi connectivity index (χ0) is 11.4. The second kappa shape index (κ2) is 5.05. The van der Waals surface area contributed by atoms with Gasteiger partial charge in [0.2, 0.25) is 0 Å². The summed E-state index contributed by atoms with van der Waals surface area (Å²) in [6.07, 6.45) is 1.35. The lowest BCUT2D eigenvalue weighted by Gasteiger charge is -2.14. The maximum absolute atomic E-state index is 12.9. The molecule has 0 aliphatic carbocycles. The molecule has 82 valence electrons. The zero-order valence-corrected chi connectivity index (χ0v) is 8.88. The summed E-state index contributed by atoms with van der Waals surface area (Å²) in [7, 11) is 1.42. The second-order valence-corrected chi connectivity index (χ2v) is 2.66. The predicted octanol–water partition coefficient (Wildman–Crippen LogP) is 1.84. The fourth-order valence-corrected chi connectivity index (χ4v) is 1.15. The van der Waals surface area contributed by atoms with Crippen LogP contribution in [0.25, 0.3) is 0 Å². The van der Waals surface area contributed by atoms with Crippen LogP contribution in [0.2, 0.25) is 0 Å². The first kappa shape index (κ1) is 13.0. The summed E-state index contributed by atoms with van der Waals surface area (Å²) in [5, 5.41) is 12.1. The number of rotatable bonds is 2. The van der Waals surface area contributed by atoms with Crippen LogP contribution in [-0.4, -0.2) is 21.5 Å². The molecule has 0 aliphatic rings. The van der Waals surface area contributed by atoms with Gasteiger partial charge in [-0.15, -0.1) is 0 Å². The van der Waals surface area contributed by atoms with Gasteiger partial charge in [-0.3, -0.25) is 4.68 Å². The van der Waals surface area contributed by atoms with E-state index < -0.39 is 12.5 Å². The standard InChI is InChI=1S/C7H10F2N2O.C2H6/c1-5-3-10-11(2)6(5)7(8,9)4-12;1-2/h3,12H,4H2,1-2H3;1-2H3. The van der Waals surface area contributed by atoms with Crippen LogP contribution in [0, 0.1) is 6.92 Å². The van der Waals surface area contributed by atoms with E-state index in [1.807, 2.05) is 13.8 Å². The molecule has 0 bridgehead atoms. The summed E-state index contributed by atoms with van der Waals surface area (Å²) >= 11 is 0. The maximum atomic E-state index is 12.9. The molecule has 0 fully saturated rings. The van der Waals surface area contributed by atoms with E-state index in [1.54, 1.807) is 0 Å². The molecule has 1 aromatic heterocycles. The molecule has 0 aliphatic heterocycles. The number of aliphatic hydroxyl groups is 1. The molecule has 0 saturated carbocycles. The van der Waals surface area contributed by atoms with Crippen LogP contribution in [0.15, 0.2) is 6.20 Å². The van der Waals surface area contributed by atoms with Gasteiger partial charge in [-0.25, -0.2) is 0 Å². The third kappa shape index (κ3) is 2.51. The summed E-state index contributed by atoms with van der Waals surface area (Å²) in [6.45, 7) is 4.35. The molecule has 0 radical (unpaired) electrons. The number of aliphatic hydroxyl groups excluding tert-OH is 1. The molecule has 0 amide bonds. The molecule has 0 unspecified atom stereocenters. The number of halogens is 2. The third-order valence-corrected chi connectivity index (χ3v) is 1.67. The van der Waals surface area contributed by atoms with Crippen molar-refractivity contribution in [3.8, 4) is 0 Å². The van der Waals surface area contributed by atoms with Gasteiger partial charge < -0.3 is 5.11 Å². The lowest BCUT2D eigenvalue weighted by atomic mass is 10.2. The van der Waals surface area contributed by atoms with E-state index in [4.69, 9.17) is 5.11 Å². The van der Waals surface area contributed by atoms with Crippen LogP contribution < -0.4 is 0 Å². The molecule has 1 rings (SSSR count). The fraction of sp³-hybridized carbons (Fsp3) is 0.667. The van der Waals surface area contributed by atoms with Gasteiger partial charge in [0.15, 0.2) is 0 Å². The Balaban J connectivity index is 0.000000791. The first-order valence-corrected chi connectivity index (χ1v) is 4.47. The van der Waals surface area contributed by atoms with E-state index in [9.17, 15) is 8.78 Å². The average Bonchev–Trinajstić information content (AvgIpc) is 2.50. The topological polar surface area (TPSA) is 38.0 Å². The molecule has 1 N–H and O–H groups in total. The highest BCUT2D eigenvalue weighted by Crippen LogP contribution is 2.28. The maximum Gasteiger partial charge on any atom is 0.312 e. The summed E-state index contributed by atoms with van der Waals surface area (Å²) in [4.78, 5) is 0. The number of aryl methyl sites for hydroxylation is 2. The van der Waals surface area contributed by atoms with Crippen molar-refractivity contribution in [2.45, 2.75) is 26.7 Å². The highest BCUT2D eigenvalue weighted by Gasteiger charge is 2.35. The van der Waals surface area contributed by atoms with Crippen molar-refractivity contribution in [2.24, 2.45) is 7.05 Å². The largest absolute Gasteiger partial charge is 0.390 e. The van der Waals surface area contributed by atoms with Gasteiger partial charge in [0.05, 0.1) is 6.20 Å². The van der Waals surface area contributed by atoms with E-state index in [0.717, 1.165) is 4.68 Å². The molecular weight excluding hydrogens is 190 g/mol. The van der Waals surface area contributed by atoms with Crippen LogP contribution in [0.5, 0.6) is 0 Å². The lowest BCUT2D eigenvalue weighted by Crippen LogP contribution is -2.23. The minimum Gasteiger partial charge on any atom is -0.390 e. The molecular formula is C9H16F2N2O. The molecule has 14 heavy (non-hydrogen) atoms. The smallest absolute Gasteiger partial charge is 0.312 e. The van der Waals surface area contributed by atoms with Crippen LogP contribution in [0.3, 0.4) is 0 Å². The Labute approximate surface area is 82.4 Å². The SMILES string of the molecule is CC.Cc1cnn(C)c1C(F)(F)CO. The quantitative estimate of drug-likeness (QED) is 0.801. The van der Waals surface area contributed by atoms with Gasteiger partial charge >= 0.3 is 5.92 Å². The van der Waals surface area contributed by atoms with Crippen molar-refractivity contribution in [1.29, 1.82) is 0 Å². The number of alkyl halides is 2. The van der Waals surface area contributed by atoms with Gasteiger partial charge in [-0.2, -0.15) is 13.9 Å². The molecule has 5 heteroatoms. The predicted molar refractivity (Wildman–Crippen MR) is 50.3 cm³/mol. The average molecular weight is 206 g/mol. The van der Waals surface area contributed by atoms with E-state index in [2.05, 4.69) is 5.10 Å². The van der Waals surface area contributed by atoms with Crippen LogP contribution >= 0.6 is 0 Å². The van der Waals surface area contributed by atoms with E-state index in [-0.39, 0.29) is 5.69 Å². The van der Waals surface area contributed by atoms with Crippen LogP contribution in [0.4, 0.5) is 8.78 Å². The van der Waals surface area contributed by atoms with Crippen molar-refractivity contribution >= 4 is 0 Å². The van der Waals surface area contributed by atoms with Gasteiger partial charge in [-0.1, -0.05) is 13.8 Å². The Morgan fingerprint density at radius 3 is 2.29 bits per heavy atom. The summed E-state index contributed by atoms with van der Waals surface area (Å²) in [5.41, 5.74) is 0.154. The Bertz CT molecular complexity index is 265. The number of hydrogen-bond donors (Lipinski definition) is 1. The molecule has 1 aromatic rings. The summed E-state index contributed by atoms with van der Waals surface area (Å²) in [5.74, 6) is -3.20. The highest BCUT2D eigenvalue weighted by atomic mass is 19.3. The van der Waals surface area contributed by atoms with Crippen molar-refractivity contribution in [1.82, 2.24) is 9.78 Å². The first-order valence-electron chi connectivity index (χ1n) is 4.47.